The van der Waals surface area contributed by atoms with E-state index >= 15 is 8.78 Å². The second kappa shape index (κ2) is 11.1. The Morgan fingerprint density at radius 2 is 1.50 bits per heavy atom. The molecule has 1 fully saturated rings. The number of piperazine rings is 1. The van der Waals surface area contributed by atoms with Crippen molar-refractivity contribution in [2.24, 2.45) is 0 Å². The molecule has 2 heterocycles. The Bertz CT molecular complexity index is 1710. The molecule has 0 bridgehead atoms. The summed E-state index contributed by atoms with van der Waals surface area (Å²) in [6.07, 6.45) is -0.394. The summed E-state index contributed by atoms with van der Waals surface area (Å²) in [6.45, 7) is 10.9. The Kier molecular flexibility index (Phi) is 7.70. The van der Waals surface area contributed by atoms with Gasteiger partial charge in [0.2, 0.25) is 0 Å². The maximum absolute atomic E-state index is 15.9. The lowest BCUT2D eigenvalue weighted by molar-refractivity contribution is 0.0240. The lowest BCUT2D eigenvalue weighted by atomic mass is 10.00. The Labute approximate surface area is 243 Å². The van der Waals surface area contributed by atoms with Crippen LogP contribution in [0.2, 0.25) is 0 Å². The van der Waals surface area contributed by atoms with Gasteiger partial charge in [0.1, 0.15) is 23.0 Å². The van der Waals surface area contributed by atoms with Gasteiger partial charge in [0.15, 0.2) is 0 Å². The number of para-hydroxylation sites is 1. The van der Waals surface area contributed by atoms with Gasteiger partial charge in [0, 0.05) is 54.8 Å². The second-order valence-electron chi connectivity index (χ2n) is 11.6. The summed E-state index contributed by atoms with van der Waals surface area (Å²) in [7, 11) is 1.43. The van der Waals surface area contributed by atoms with E-state index in [1.165, 1.54) is 31.4 Å². The summed E-state index contributed by atoms with van der Waals surface area (Å²) < 4.78 is 43.2. The summed E-state index contributed by atoms with van der Waals surface area (Å²) >= 11 is 0. The topological polar surface area (TPSA) is 64.0 Å². The number of carbonyl (C=O) groups excluding carboxylic acids is 1. The zero-order valence-electron chi connectivity index (χ0n) is 24.8. The normalized spacial score (nSPS) is 13.9. The van der Waals surface area contributed by atoms with Crippen LogP contribution in [0.1, 0.15) is 31.9 Å². The molecule has 7 nitrogen and oxygen atoms in total. The SMILES string of the molecule is COc1ccc(-c2cc3c(cc2F)c(N2CCN(C(=O)OC(C)(C)C)CC2)cc(=O)n3-c2c(C)cccc2C)c(F)c1. The number of aromatic nitrogens is 1. The molecule has 0 saturated carbocycles. The number of anilines is 1. The number of rotatable bonds is 4. The fourth-order valence-electron chi connectivity index (χ4n) is 5.48. The van der Waals surface area contributed by atoms with Gasteiger partial charge in [-0.2, -0.15) is 0 Å². The number of nitrogens with zero attached hydrogens (tertiary/aromatic N) is 3. The highest BCUT2D eigenvalue weighted by Crippen LogP contribution is 2.36. The first-order chi connectivity index (χ1) is 19.9. The van der Waals surface area contributed by atoms with Crippen LogP contribution in [0.4, 0.5) is 19.3 Å². The number of ether oxygens (including phenoxy) is 2. The molecule has 0 radical (unpaired) electrons. The molecule has 42 heavy (non-hydrogen) atoms. The Morgan fingerprint density at radius 1 is 0.857 bits per heavy atom. The van der Waals surface area contributed by atoms with Crippen molar-refractivity contribution in [2.75, 3.05) is 38.2 Å². The smallest absolute Gasteiger partial charge is 0.410 e. The van der Waals surface area contributed by atoms with Crippen molar-refractivity contribution < 1.29 is 23.0 Å². The molecule has 1 saturated heterocycles. The van der Waals surface area contributed by atoms with E-state index in [1.807, 2.05) is 57.7 Å². The molecule has 3 aromatic carbocycles. The van der Waals surface area contributed by atoms with Crippen LogP contribution in [0.15, 0.2) is 59.4 Å². The molecule has 4 aromatic rings. The molecular formula is C33H35F2N3O4. The van der Waals surface area contributed by atoms with Crippen LogP contribution in [0.25, 0.3) is 27.7 Å². The fraction of sp³-hybridized carbons (Fsp3) is 0.333. The van der Waals surface area contributed by atoms with E-state index in [0.29, 0.717) is 54.2 Å². The molecule has 0 atom stereocenters. The quantitative estimate of drug-likeness (QED) is 0.274. The first-order valence-corrected chi connectivity index (χ1v) is 13.9. The highest BCUT2D eigenvalue weighted by Gasteiger charge is 2.28. The number of methoxy groups -OCH3 is 1. The highest BCUT2D eigenvalue weighted by molar-refractivity contribution is 5.96. The van der Waals surface area contributed by atoms with Gasteiger partial charge in [-0.05, 0) is 70.0 Å². The van der Waals surface area contributed by atoms with E-state index < -0.39 is 23.3 Å². The van der Waals surface area contributed by atoms with Crippen LogP contribution in [0.5, 0.6) is 5.75 Å². The highest BCUT2D eigenvalue weighted by atomic mass is 19.1. The summed E-state index contributed by atoms with van der Waals surface area (Å²) in [5, 5.41) is 0.512. The van der Waals surface area contributed by atoms with Crippen molar-refractivity contribution >= 4 is 22.7 Å². The van der Waals surface area contributed by atoms with Gasteiger partial charge in [-0.1, -0.05) is 18.2 Å². The molecule has 1 aromatic heterocycles. The zero-order chi connectivity index (χ0) is 30.3. The predicted octanol–water partition coefficient (Wildman–Crippen LogP) is 6.62. The standard InChI is InChI=1S/C33H35F2N3O4/c1-20-8-7-9-21(2)31(20)38-29-18-24(23-11-10-22(41-6)16-26(23)34)27(35)17-25(29)28(19-30(38)39)36-12-14-37(15-13-36)32(40)42-33(3,4)5/h7-11,16-19H,12-15H2,1-6H3. The number of aryl methyl sites for hydroxylation is 2. The average molecular weight is 576 g/mol. The van der Waals surface area contributed by atoms with Crippen molar-refractivity contribution in [2.45, 2.75) is 40.2 Å². The van der Waals surface area contributed by atoms with Gasteiger partial charge in [-0.15, -0.1) is 0 Å². The number of halogens is 2. The average Bonchev–Trinajstić information content (AvgIpc) is 2.93. The number of benzene rings is 3. The molecule has 0 unspecified atom stereocenters. The van der Waals surface area contributed by atoms with Gasteiger partial charge in [-0.25, -0.2) is 13.6 Å². The second-order valence-corrected chi connectivity index (χ2v) is 11.6. The third kappa shape index (κ3) is 5.55. The summed E-state index contributed by atoms with van der Waals surface area (Å²) in [4.78, 5) is 30.1. The molecule has 0 N–H and O–H groups in total. The molecule has 9 heteroatoms. The van der Waals surface area contributed by atoms with Crippen molar-refractivity contribution in [3.63, 3.8) is 0 Å². The van der Waals surface area contributed by atoms with Crippen LogP contribution < -0.4 is 15.2 Å². The van der Waals surface area contributed by atoms with Gasteiger partial charge in [-0.3, -0.25) is 9.36 Å². The van der Waals surface area contributed by atoms with Gasteiger partial charge in [0.25, 0.3) is 5.56 Å². The van der Waals surface area contributed by atoms with Crippen molar-refractivity contribution in [1.82, 2.24) is 9.47 Å². The molecule has 1 aliphatic heterocycles. The van der Waals surface area contributed by atoms with Crippen LogP contribution in [0.3, 0.4) is 0 Å². The lowest BCUT2D eigenvalue weighted by Crippen LogP contribution is -2.50. The molecular weight excluding hydrogens is 540 g/mol. The Hall–Kier alpha value is -4.40. The minimum absolute atomic E-state index is 0.0361. The van der Waals surface area contributed by atoms with Gasteiger partial charge < -0.3 is 19.3 Å². The molecule has 0 spiro atoms. The third-order valence-corrected chi connectivity index (χ3v) is 7.48. The largest absolute Gasteiger partial charge is 0.497 e. The first-order valence-electron chi connectivity index (χ1n) is 13.9. The van der Waals surface area contributed by atoms with E-state index in [2.05, 4.69) is 0 Å². The number of hydrogen-bond donors (Lipinski definition) is 0. The Morgan fingerprint density at radius 3 is 2.10 bits per heavy atom. The number of hydrogen-bond acceptors (Lipinski definition) is 5. The van der Waals surface area contributed by atoms with E-state index in [1.54, 1.807) is 21.6 Å². The summed E-state index contributed by atoms with van der Waals surface area (Å²) in [5.74, 6) is -0.937. The molecule has 1 aliphatic rings. The maximum atomic E-state index is 15.9. The molecule has 0 aliphatic carbocycles. The maximum Gasteiger partial charge on any atom is 0.410 e. The van der Waals surface area contributed by atoms with E-state index in [4.69, 9.17) is 9.47 Å². The Balaban J connectivity index is 1.66. The number of amides is 1. The van der Waals surface area contributed by atoms with Crippen molar-refractivity contribution in [3.8, 4) is 22.6 Å². The first kappa shape index (κ1) is 29.1. The van der Waals surface area contributed by atoms with Crippen LogP contribution in [-0.4, -0.2) is 54.5 Å². The summed E-state index contributed by atoms with van der Waals surface area (Å²) in [5.41, 5.74) is 2.65. The monoisotopic (exact) mass is 575 g/mol. The van der Waals surface area contributed by atoms with Crippen LogP contribution >= 0.6 is 0 Å². The van der Waals surface area contributed by atoms with E-state index in [-0.39, 0.29) is 16.7 Å². The lowest BCUT2D eigenvalue weighted by Gasteiger charge is -2.37. The van der Waals surface area contributed by atoms with Crippen molar-refractivity contribution in [3.05, 3.63) is 87.7 Å². The number of fused-ring (bicyclic) bond motifs is 1. The van der Waals surface area contributed by atoms with Gasteiger partial charge in [0.05, 0.1) is 24.0 Å². The minimum Gasteiger partial charge on any atom is -0.497 e. The van der Waals surface area contributed by atoms with E-state index in [9.17, 15) is 9.59 Å². The summed E-state index contributed by atoms with van der Waals surface area (Å²) in [6, 6.07) is 14.4. The number of pyridine rings is 1. The predicted molar refractivity (Wildman–Crippen MR) is 161 cm³/mol. The minimum atomic E-state index is -0.636. The van der Waals surface area contributed by atoms with Crippen LogP contribution in [-0.2, 0) is 4.74 Å². The molecule has 5 rings (SSSR count). The van der Waals surface area contributed by atoms with Crippen LogP contribution in [0, 0.1) is 25.5 Å². The fourth-order valence-corrected chi connectivity index (χ4v) is 5.48. The third-order valence-electron chi connectivity index (χ3n) is 7.48. The van der Waals surface area contributed by atoms with E-state index in [0.717, 1.165) is 11.1 Å². The van der Waals surface area contributed by atoms with Gasteiger partial charge >= 0.3 is 6.09 Å². The molecule has 220 valence electrons. The zero-order valence-corrected chi connectivity index (χ0v) is 24.8. The number of carbonyl (C=O) groups is 1. The van der Waals surface area contributed by atoms with Crippen molar-refractivity contribution in [1.29, 1.82) is 0 Å². The molecule has 1 amide bonds.